The molecule has 4 heterocycles. The van der Waals surface area contributed by atoms with Crippen molar-refractivity contribution in [2.75, 3.05) is 18.8 Å². The summed E-state index contributed by atoms with van der Waals surface area (Å²) < 4.78 is 69.7. The number of alkyl halides is 6. The van der Waals surface area contributed by atoms with Crippen molar-refractivity contribution in [2.45, 2.75) is 50.1 Å². The van der Waals surface area contributed by atoms with E-state index >= 15 is 0 Å². The average Bonchev–Trinajstić information content (AvgIpc) is 3.26. The van der Waals surface area contributed by atoms with Gasteiger partial charge >= 0.3 is 24.3 Å². The SMILES string of the molecule is Cc1ccc(C(=O)N2CC3(CC(OCc4cccc(C)n4)CS3)C2)cn1.O=C(O)C(F)(F)F.O=C(O)C(F)(F)F. The van der Waals surface area contributed by atoms with Crippen LogP contribution >= 0.6 is 11.8 Å². The molecule has 0 radical (unpaired) electrons. The maximum atomic E-state index is 12.5. The lowest BCUT2D eigenvalue weighted by Gasteiger charge is -2.47. The van der Waals surface area contributed by atoms with Gasteiger partial charge in [0.05, 0.1) is 28.7 Å². The second-order valence-corrected chi connectivity index (χ2v) is 10.3. The number of carbonyl (C=O) groups excluding carboxylic acids is 1. The van der Waals surface area contributed by atoms with Gasteiger partial charge in [-0.1, -0.05) is 6.07 Å². The number of hydrogen-bond donors (Lipinski definition) is 2. The smallest absolute Gasteiger partial charge is 0.475 e. The third-order valence-corrected chi connectivity index (χ3v) is 7.05. The molecule has 40 heavy (non-hydrogen) atoms. The fraction of sp³-hybridized carbons (Fsp3) is 0.458. The molecule has 2 saturated heterocycles. The fourth-order valence-corrected chi connectivity index (χ4v) is 5.13. The first-order valence-corrected chi connectivity index (χ1v) is 12.4. The van der Waals surface area contributed by atoms with Crippen molar-refractivity contribution >= 4 is 29.6 Å². The predicted molar refractivity (Wildman–Crippen MR) is 130 cm³/mol. The molecule has 2 aliphatic rings. The molecule has 0 aliphatic carbocycles. The third-order valence-electron chi connectivity index (χ3n) is 5.48. The highest BCUT2D eigenvalue weighted by atomic mass is 32.2. The summed E-state index contributed by atoms with van der Waals surface area (Å²) >= 11 is 1.94. The maximum Gasteiger partial charge on any atom is 0.490 e. The molecule has 0 aromatic carbocycles. The summed E-state index contributed by atoms with van der Waals surface area (Å²) in [7, 11) is 0. The van der Waals surface area contributed by atoms with Gasteiger partial charge < -0.3 is 19.8 Å². The summed E-state index contributed by atoms with van der Waals surface area (Å²) in [6, 6.07) is 9.76. The number of aliphatic carboxylic acids is 2. The molecule has 4 rings (SSSR count). The molecule has 2 fully saturated rings. The third kappa shape index (κ3) is 9.97. The average molecular weight is 598 g/mol. The molecule has 9 nitrogen and oxygen atoms in total. The minimum Gasteiger partial charge on any atom is -0.475 e. The first-order chi connectivity index (χ1) is 18.4. The van der Waals surface area contributed by atoms with Gasteiger partial charge in [0, 0.05) is 36.4 Å². The van der Waals surface area contributed by atoms with E-state index in [4.69, 9.17) is 24.5 Å². The molecule has 2 aromatic rings. The number of pyridine rings is 2. The van der Waals surface area contributed by atoms with E-state index in [1.165, 1.54) is 0 Å². The van der Waals surface area contributed by atoms with Gasteiger partial charge in [0.2, 0.25) is 0 Å². The van der Waals surface area contributed by atoms with E-state index in [0.717, 1.165) is 42.3 Å². The van der Waals surface area contributed by atoms with Crippen molar-refractivity contribution in [1.29, 1.82) is 0 Å². The Balaban J connectivity index is 0.000000333. The molecule has 2 N–H and O–H groups in total. The van der Waals surface area contributed by atoms with Gasteiger partial charge in [-0.2, -0.15) is 26.3 Å². The molecule has 16 heteroatoms. The van der Waals surface area contributed by atoms with Crippen LogP contribution in [0.15, 0.2) is 36.5 Å². The summed E-state index contributed by atoms with van der Waals surface area (Å²) in [6.45, 7) is 6.07. The first kappa shape index (κ1) is 32.8. The zero-order chi connectivity index (χ0) is 30.3. The van der Waals surface area contributed by atoms with Gasteiger partial charge in [0.1, 0.15) is 0 Å². The van der Waals surface area contributed by atoms with Gasteiger partial charge in [-0.05, 0) is 44.5 Å². The van der Waals surface area contributed by atoms with E-state index in [1.807, 2.05) is 60.8 Å². The van der Waals surface area contributed by atoms with Gasteiger partial charge in [0.25, 0.3) is 5.91 Å². The molecule has 1 spiro atoms. The summed E-state index contributed by atoms with van der Waals surface area (Å²) in [4.78, 5) is 41.0. The number of aryl methyl sites for hydroxylation is 2. The molecule has 0 saturated carbocycles. The Bertz CT molecular complexity index is 1160. The topological polar surface area (TPSA) is 130 Å². The van der Waals surface area contributed by atoms with Crippen LogP contribution in [-0.4, -0.2) is 85.0 Å². The number of halogens is 6. The van der Waals surface area contributed by atoms with Gasteiger partial charge in [-0.15, -0.1) is 11.8 Å². The monoisotopic (exact) mass is 597 g/mol. The number of carbonyl (C=O) groups is 3. The highest BCUT2D eigenvalue weighted by molar-refractivity contribution is 8.01. The van der Waals surface area contributed by atoms with Crippen molar-refractivity contribution in [3.05, 3.63) is 59.2 Å². The summed E-state index contributed by atoms with van der Waals surface area (Å²) in [5.41, 5.74) is 3.60. The van der Waals surface area contributed by atoms with Crippen LogP contribution in [-0.2, 0) is 20.9 Å². The second-order valence-electron chi connectivity index (χ2n) is 8.86. The lowest BCUT2D eigenvalue weighted by molar-refractivity contribution is -0.193. The molecule has 1 amide bonds. The summed E-state index contributed by atoms with van der Waals surface area (Å²) in [5.74, 6) is -4.45. The van der Waals surface area contributed by atoms with Gasteiger partial charge in [0.15, 0.2) is 0 Å². The van der Waals surface area contributed by atoms with E-state index in [2.05, 4.69) is 9.97 Å². The van der Waals surface area contributed by atoms with E-state index in [9.17, 15) is 31.1 Å². The molecule has 1 unspecified atom stereocenters. The van der Waals surface area contributed by atoms with Crippen molar-refractivity contribution in [3.8, 4) is 0 Å². The Kier molecular flexibility index (Phi) is 10.9. The van der Waals surface area contributed by atoms with E-state index in [0.29, 0.717) is 12.2 Å². The van der Waals surface area contributed by atoms with E-state index < -0.39 is 24.3 Å². The Morgan fingerprint density at radius 3 is 2.05 bits per heavy atom. The molecule has 0 bridgehead atoms. The predicted octanol–water partition coefficient (Wildman–Crippen LogP) is 4.28. The molecule has 2 aromatic heterocycles. The van der Waals surface area contributed by atoms with Crippen LogP contribution in [0.4, 0.5) is 26.3 Å². The zero-order valence-electron chi connectivity index (χ0n) is 21.1. The number of amides is 1. The van der Waals surface area contributed by atoms with Gasteiger partial charge in [-0.25, -0.2) is 9.59 Å². The van der Waals surface area contributed by atoms with Crippen LogP contribution in [0, 0.1) is 13.8 Å². The van der Waals surface area contributed by atoms with Crippen LogP contribution in [0.25, 0.3) is 0 Å². The van der Waals surface area contributed by atoms with E-state index in [1.54, 1.807) is 6.20 Å². The molecule has 1 atom stereocenters. The molecular weight excluding hydrogens is 572 g/mol. The van der Waals surface area contributed by atoms with E-state index in [-0.39, 0.29) is 16.8 Å². The lowest BCUT2D eigenvalue weighted by Crippen LogP contribution is -2.60. The largest absolute Gasteiger partial charge is 0.490 e. The number of nitrogens with zero attached hydrogens (tertiary/aromatic N) is 3. The van der Waals surface area contributed by atoms with Crippen molar-refractivity contribution in [3.63, 3.8) is 0 Å². The van der Waals surface area contributed by atoms with Crippen LogP contribution in [0.1, 0.15) is 33.9 Å². The second kappa shape index (κ2) is 13.3. The van der Waals surface area contributed by atoms with Crippen LogP contribution in [0.5, 0.6) is 0 Å². The minimum absolute atomic E-state index is 0.0806. The van der Waals surface area contributed by atoms with Gasteiger partial charge in [-0.3, -0.25) is 14.8 Å². The van der Waals surface area contributed by atoms with Crippen molar-refractivity contribution in [1.82, 2.24) is 14.9 Å². The number of ether oxygens (including phenoxy) is 1. The minimum atomic E-state index is -5.08. The standard InChI is InChI=1S/C20H23N3O2S.2C2HF3O2/c1-14-6-7-16(9-21-14)19(24)23-12-20(13-23)8-18(11-26-20)25-10-17-5-3-4-15(2)22-17;2*3-2(4,5)1(6)7/h3-7,9,18H,8,10-13H2,1-2H3;2*(H,6,7). The molecule has 220 valence electrons. The first-order valence-electron chi connectivity index (χ1n) is 11.4. The number of hydrogen-bond acceptors (Lipinski definition) is 7. The van der Waals surface area contributed by atoms with Crippen molar-refractivity contribution in [2.24, 2.45) is 0 Å². The normalized spacial score (nSPS) is 17.6. The number of aromatic nitrogens is 2. The Morgan fingerprint density at radius 1 is 1.00 bits per heavy atom. The number of likely N-dealkylation sites (tertiary alicyclic amines) is 1. The van der Waals surface area contributed by atoms with Crippen LogP contribution < -0.4 is 0 Å². The number of carboxylic acid groups (broad SMARTS) is 2. The Morgan fingerprint density at radius 2 is 1.57 bits per heavy atom. The highest BCUT2D eigenvalue weighted by Gasteiger charge is 2.51. The summed E-state index contributed by atoms with van der Waals surface area (Å²) in [6.07, 6.45) is -7.26. The highest BCUT2D eigenvalue weighted by Crippen LogP contribution is 2.46. The number of carboxylic acids is 2. The molecule has 2 aliphatic heterocycles. The fourth-order valence-electron chi connectivity index (χ4n) is 3.58. The van der Waals surface area contributed by atoms with Crippen LogP contribution in [0.2, 0.25) is 0 Å². The Labute approximate surface area is 228 Å². The number of thioether (sulfide) groups is 1. The zero-order valence-corrected chi connectivity index (χ0v) is 21.9. The maximum absolute atomic E-state index is 12.5. The Hall–Kier alpha value is -3.40. The molecular formula is C24H25F6N3O6S. The summed E-state index contributed by atoms with van der Waals surface area (Å²) in [5, 5.41) is 14.2. The quantitative estimate of drug-likeness (QED) is 0.496. The lowest BCUT2D eigenvalue weighted by atomic mass is 9.92. The number of rotatable bonds is 4. The van der Waals surface area contributed by atoms with Crippen molar-refractivity contribution < 1.29 is 55.7 Å². The van der Waals surface area contributed by atoms with Crippen LogP contribution in [0.3, 0.4) is 0 Å².